The lowest BCUT2D eigenvalue weighted by Gasteiger charge is -2.48. The Morgan fingerprint density at radius 3 is 1.44 bits per heavy atom. The third-order valence-corrected chi connectivity index (χ3v) is 3.77. The largest absolute Gasteiger partial charge is 0.330 e. The predicted molar refractivity (Wildman–Crippen MR) is 82.3 cm³/mol. The normalized spacial score (nSPS) is 11.9. The van der Waals surface area contributed by atoms with E-state index in [0.717, 1.165) is 32.1 Å². The summed E-state index contributed by atoms with van der Waals surface area (Å²) in [6.45, 7) is 16.0. The number of rotatable bonds is 11. The van der Waals surface area contributed by atoms with Crippen molar-refractivity contribution in [2.45, 2.75) is 37.6 Å². The van der Waals surface area contributed by atoms with E-state index in [2.05, 4.69) is 26.3 Å². The van der Waals surface area contributed by atoms with Gasteiger partial charge in [0, 0.05) is 5.54 Å². The molecule has 0 heterocycles. The van der Waals surface area contributed by atoms with Gasteiger partial charge in [0.2, 0.25) is 0 Å². The van der Waals surface area contributed by atoms with Crippen molar-refractivity contribution in [2.24, 2.45) is 16.9 Å². The topological polar surface area (TPSA) is 52.0 Å². The molecule has 0 atom stereocenters. The van der Waals surface area contributed by atoms with E-state index in [1.54, 1.807) is 0 Å². The van der Waals surface area contributed by atoms with Gasteiger partial charge in [0.05, 0.1) is 0 Å². The second kappa shape index (κ2) is 8.06. The molecule has 0 aliphatic heterocycles. The number of hydrogen-bond donors (Lipinski definition) is 2. The molecule has 0 amide bonds. The van der Waals surface area contributed by atoms with Crippen LogP contribution >= 0.6 is 0 Å². The molecule has 4 N–H and O–H groups in total. The van der Waals surface area contributed by atoms with Gasteiger partial charge in [-0.2, -0.15) is 0 Å². The van der Waals surface area contributed by atoms with Gasteiger partial charge in [-0.25, -0.2) is 0 Å². The SMILES string of the molecule is C=CCC(N)(CC=C)C(CC=C)(CC=C)CCN. The van der Waals surface area contributed by atoms with Crippen LogP contribution in [0.15, 0.2) is 50.6 Å². The highest BCUT2D eigenvalue weighted by atomic mass is 14.8. The number of allylic oxidation sites excluding steroid dienone is 2. The minimum absolute atomic E-state index is 0.117. The first-order chi connectivity index (χ1) is 8.55. The molecule has 0 unspecified atom stereocenters. The van der Waals surface area contributed by atoms with Crippen LogP contribution in [0.5, 0.6) is 0 Å². The standard InChI is InChI=1S/C16H28N2/c1-5-9-15(10-6-2,13-14-17)16(18,11-7-3)12-8-4/h5-8H,1-4,9-14,17-18H2. The van der Waals surface area contributed by atoms with Gasteiger partial charge < -0.3 is 11.5 Å². The molecule has 0 radical (unpaired) electrons. The summed E-state index contributed by atoms with van der Waals surface area (Å²) in [7, 11) is 0. The first-order valence-electron chi connectivity index (χ1n) is 6.48. The van der Waals surface area contributed by atoms with Crippen molar-refractivity contribution in [3.05, 3.63) is 50.6 Å². The Morgan fingerprint density at radius 2 is 1.17 bits per heavy atom. The highest BCUT2D eigenvalue weighted by molar-refractivity contribution is 5.11. The van der Waals surface area contributed by atoms with Crippen molar-refractivity contribution in [1.82, 2.24) is 0 Å². The Kier molecular flexibility index (Phi) is 7.56. The van der Waals surface area contributed by atoms with Crippen LogP contribution in [0.2, 0.25) is 0 Å². The van der Waals surface area contributed by atoms with Crippen LogP contribution in [0.3, 0.4) is 0 Å². The average molecular weight is 248 g/mol. The van der Waals surface area contributed by atoms with Crippen LogP contribution < -0.4 is 11.5 Å². The zero-order chi connectivity index (χ0) is 14.1. The Hall–Kier alpha value is -1.12. The van der Waals surface area contributed by atoms with Gasteiger partial charge in [0.15, 0.2) is 0 Å². The van der Waals surface area contributed by atoms with E-state index in [1.165, 1.54) is 0 Å². The smallest absolute Gasteiger partial charge is 0.0287 e. The van der Waals surface area contributed by atoms with Crippen LogP contribution in [0.1, 0.15) is 32.1 Å². The third-order valence-electron chi connectivity index (χ3n) is 3.77. The third kappa shape index (κ3) is 3.69. The van der Waals surface area contributed by atoms with Gasteiger partial charge in [-0.15, -0.1) is 26.3 Å². The van der Waals surface area contributed by atoms with Gasteiger partial charge in [0.1, 0.15) is 0 Å². The molecular weight excluding hydrogens is 220 g/mol. The average Bonchev–Trinajstić information content (AvgIpc) is 2.30. The maximum absolute atomic E-state index is 6.66. The van der Waals surface area contributed by atoms with Gasteiger partial charge in [-0.1, -0.05) is 24.3 Å². The molecule has 0 aromatic rings. The van der Waals surface area contributed by atoms with Gasteiger partial charge in [-0.05, 0) is 44.1 Å². The molecule has 2 heteroatoms. The summed E-state index contributed by atoms with van der Waals surface area (Å²) < 4.78 is 0. The lowest BCUT2D eigenvalue weighted by Crippen LogP contribution is -2.55. The lowest BCUT2D eigenvalue weighted by atomic mass is 9.61. The molecule has 18 heavy (non-hydrogen) atoms. The van der Waals surface area contributed by atoms with E-state index in [9.17, 15) is 0 Å². The summed E-state index contributed by atoms with van der Waals surface area (Å²) in [6.07, 6.45) is 11.6. The molecule has 2 nitrogen and oxygen atoms in total. The molecule has 0 aromatic carbocycles. The fraction of sp³-hybridized carbons (Fsp3) is 0.500. The second-order valence-corrected chi connectivity index (χ2v) is 4.95. The van der Waals surface area contributed by atoms with Crippen molar-refractivity contribution >= 4 is 0 Å². The maximum atomic E-state index is 6.66. The van der Waals surface area contributed by atoms with Crippen LogP contribution in [0.25, 0.3) is 0 Å². The summed E-state index contributed by atoms with van der Waals surface area (Å²) in [4.78, 5) is 0. The van der Waals surface area contributed by atoms with Gasteiger partial charge >= 0.3 is 0 Å². The van der Waals surface area contributed by atoms with Crippen LogP contribution in [0.4, 0.5) is 0 Å². The lowest BCUT2D eigenvalue weighted by molar-refractivity contribution is 0.115. The zero-order valence-electron chi connectivity index (χ0n) is 11.5. The van der Waals surface area contributed by atoms with E-state index >= 15 is 0 Å². The van der Waals surface area contributed by atoms with Crippen LogP contribution in [0, 0.1) is 5.41 Å². The minimum atomic E-state index is -0.391. The second-order valence-electron chi connectivity index (χ2n) is 4.95. The first kappa shape index (κ1) is 16.9. The molecule has 0 spiro atoms. The van der Waals surface area contributed by atoms with Gasteiger partial charge in [0.25, 0.3) is 0 Å². The summed E-state index contributed by atoms with van der Waals surface area (Å²) in [5, 5.41) is 0. The molecular formula is C16H28N2. The predicted octanol–water partition coefficient (Wildman–Crippen LogP) is 3.32. The fourth-order valence-electron chi connectivity index (χ4n) is 2.80. The number of nitrogens with two attached hydrogens (primary N) is 2. The van der Waals surface area contributed by atoms with Crippen LogP contribution in [-0.2, 0) is 0 Å². The van der Waals surface area contributed by atoms with Crippen molar-refractivity contribution in [2.75, 3.05) is 6.54 Å². The molecule has 0 saturated carbocycles. The zero-order valence-corrected chi connectivity index (χ0v) is 11.5. The molecule has 0 fully saturated rings. The molecule has 102 valence electrons. The minimum Gasteiger partial charge on any atom is -0.330 e. The van der Waals surface area contributed by atoms with Crippen molar-refractivity contribution < 1.29 is 0 Å². The number of hydrogen-bond acceptors (Lipinski definition) is 2. The Bertz CT molecular complexity index is 271. The van der Waals surface area contributed by atoms with E-state index in [0.29, 0.717) is 6.54 Å². The highest BCUT2D eigenvalue weighted by Gasteiger charge is 2.44. The Morgan fingerprint density at radius 1 is 0.778 bits per heavy atom. The maximum Gasteiger partial charge on any atom is 0.0287 e. The fourth-order valence-corrected chi connectivity index (χ4v) is 2.80. The van der Waals surface area contributed by atoms with Gasteiger partial charge in [-0.3, -0.25) is 0 Å². The molecule has 0 aliphatic rings. The van der Waals surface area contributed by atoms with E-state index in [1.807, 2.05) is 24.3 Å². The monoisotopic (exact) mass is 248 g/mol. The molecule has 0 saturated heterocycles. The van der Waals surface area contributed by atoms with Crippen molar-refractivity contribution in [1.29, 1.82) is 0 Å². The summed E-state index contributed by atoms with van der Waals surface area (Å²) >= 11 is 0. The molecule has 0 bridgehead atoms. The summed E-state index contributed by atoms with van der Waals surface area (Å²) in [6, 6.07) is 0. The Labute approximate surface area is 112 Å². The molecule has 0 aromatic heterocycles. The van der Waals surface area contributed by atoms with E-state index in [4.69, 9.17) is 11.5 Å². The first-order valence-corrected chi connectivity index (χ1v) is 6.48. The van der Waals surface area contributed by atoms with E-state index in [-0.39, 0.29) is 5.41 Å². The quantitative estimate of drug-likeness (QED) is 0.551. The molecule has 0 rings (SSSR count). The summed E-state index contributed by atoms with van der Waals surface area (Å²) in [5.41, 5.74) is 11.9. The van der Waals surface area contributed by atoms with Crippen molar-refractivity contribution in [3.8, 4) is 0 Å². The molecule has 0 aliphatic carbocycles. The highest BCUT2D eigenvalue weighted by Crippen LogP contribution is 2.45. The van der Waals surface area contributed by atoms with Crippen LogP contribution in [-0.4, -0.2) is 12.1 Å². The Balaban J connectivity index is 5.53. The van der Waals surface area contributed by atoms with Crippen molar-refractivity contribution in [3.63, 3.8) is 0 Å². The summed E-state index contributed by atoms with van der Waals surface area (Å²) in [5.74, 6) is 0. The van der Waals surface area contributed by atoms with E-state index < -0.39 is 5.54 Å².